The van der Waals surface area contributed by atoms with Gasteiger partial charge in [0.15, 0.2) is 0 Å². The summed E-state index contributed by atoms with van der Waals surface area (Å²) in [6.07, 6.45) is 2.28. The summed E-state index contributed by atoms with van der Waals surface area (Å²) in [4.78, 5) is 11.6. The van der Waals surface area contributed by atoms with Crippen LogP contribution in [0.25, 0.3) is 0 Å². The molecule has 0 aromatic carbocycles. The molecule has 2 unspecified atom stereocenters. The molecule has 0 amide bonds. The van der Waals surface area contributed by atoms with Crippen molar-refractivity contribution in [3.63, 3.8) is 0 Å². The predicted molar refractivity (Wildman–Crippen MR) is 84.9 cm³/mol. The van der Waals surface area contributed by atoms with Gasteiger partial charge in [-0.1, -0.05) is 27.7 Å². The van der Waals surface area contributed by atoms with Crippen molar-refractivity contribution >= 4 is 17.7 Å². The number of carboxylic acids is 1. The van der Waals surface area contributed by atoms with Gasteiger partial charge in [-0.05, 0) is 44.8 Å². The summed E-state index contributed by atoms with van der Waals surface area (Å²) in [5.74, 6) is 0.994. The number of hydrogen-bond donors (Lipinski definition) is 2. The van der Waals surface area contributed by atoms with E-state index in [4.69, 9.17) is 0 Å². The van der Waals surface area contributed by atoms with Crippen molar-refractivity contribution in [1.82, 2.24) is 5.32 Å². The molecule has 0 aromatic heterocycles. The van der Waals surface area contributed by atoms with Crippen molar-refractivity contribution in [3.05, 3.63) is 0 Å². The Labute approximate surface area is 122 Å². The van der Waals surface area contributed by atoms with Crippen molar-refractivity contribution in [2.75, 3.05) is 5.75 Å². The first-order valence-corrected chi connectivity index (χ1v) is 8.42. The van der Waals surface area contributed by atoms with Gasteiger partial charge in [0.05, 0.1) is 0 Å². The first-order chi connectivity index (χ1) is 8.75. The Balaban J connectivity index is 4.31. The van der Waals surface area contributed by atoms with Crippen LogP contribution in [0, 0.1) is 5.92 Å². The fourth-order valence-corrected chi connectivity index (χ4v) is 3.13. The van der Waals surface area contributed by atoms with Crippen molar-refractivity contribution in [2.45, 2.75) is 77.6 Å². The number of rotatable bonds is 10. The molecule has 0 aliphatic carbocycles. The van der Waals surface area contributed by atoms with Gasteiger partial charge in [0, 0.05) is 11.3 Å². The van der Waals surface area contributed by atoms with Gasteiger partial charge >= 0.3 is 5.97 Å². The normalized spacial score (nSPS) is 16.6. The lowest BCUT2D eigenvalue weighted by Gasteiger charge is -2.32. The van der Waals surface area contributed by atoms with Crippen LogP contribution in [-0.4, -0.2) is 33.7 Å². The molecule has 0 bridgehead atoms. The van der Waals surface area contributed by atoms with Crippen LogP contribution >= 0.6 is 11.8 Å². The SMILES string of the molecule is CCC(CCCSC(C)C(C)C)(NC(C)C)C(=O)O. The van der Waals surface area contributed by atoms with E-state index in [1.807, 2.05) is 32.5 Å². The lowest BCUT2D eigenvalue weighted by Crippen LogP contribution is -2.54. The van der Waals surface area contributed by atoms with E-state index in [1.54, 1.807) is 0 Å². The van der Waals surface area contributed by atoms with Gasteiger partial charge in [-0.3, -0.25) is 10.1 Å². The third kappa shape index (κ3) is 6.66. The molecule has 2 atom stereocenters. The summed E-state index contributed by atoms with van der Waals surface area (Å²) >= 11 is 1.95. The number of carbonyl (C=O) groups is 1. The number of aliphatic carboxylic acids is 1. The highest BCUT2D eigenvalue weighted by atomic mass is 32.2. The standard InChI is InChI=1S/C15H31NO2S/c1-7-15(14(17)18,16-12(4)5)9-8-10-19-13(6)11(2)3/h11-13,16H,7-10H2,1-6H3,(H,17,18). The molecule has 0 aliphatic rings. The summed E-state index contributed by atoms with van der Waals surface area (Å²) < 4.78 is 0. The molecule has 0 heterocycles. The summed E-state index contributed by atoms with van der Waals surface area (Å²) in [6.45, 7) is 12.7. The number of nitrogens with one attached hydrogen (secondary N) is 1. The molecular weight excluding hydrogens is 258 g/mol. The van der Waals surface area contributed by atoms with Crippen LogP contribution in [0.4, 0.5) is 0 Å². The lowest BCUT2D eigenvalue weighted by atomic mass is 9.90. The largest absolute Gasteiger partial charge is 0.480 e. The van der Waals surface area contributed by atoms with Crippen LogP contribution < -0.4 is 5.32 Å². The zero-order valence-corrected chi connectivity index (χ0v) is 14.1. The average molecular weight is 289 g/mol. The third-order valence-electron chi connectivity index (χ3n) is 3.65. The monoisotopic (exact) mass is 289 g/mol. The van der Waals surface area contributed by atoms with Gasteiger partial charge in [0.1, 0.15) is 5.54 Å². The molecule has 0 aliphatic heterocycles. The quantitative estimate of drug-likeness (QED) is 0.601. The Morgan fingerprint density at radius 2 is 1.84 bits per heavy atom. The van der Waals surface area contributed by atoms with E-state index in [2.05, 4.69) is 26.1 Å². The summed E-state index contributed by atoms with van der Waals surface area (Å²) in [5, 5.41) is 13.4. The first-order valence-electron chi connectivity index (χ1n) is 7.38. The van der Waals surface area contributed by atoms with Crippen molar-refractivity contribution in [2.24, 2.45) is 5.92 Å². The molecule has 2 N–H and O–H groups in total. The molecule has 19 heavy (non-hydrogen) atoms. The maximum Gasteiger partial charge on any atom is 0.323 e. The van der Waals surface area contributed by atoms with E-state index >= 15 is 0 Å². The highest BCUT2D eigenvalue weighted by Crippen LogP contribution is 2.24. The molecule has 0 spiro atoms. The Morgan fingerprint density at radius 1 is 1.26 bits per heavy atom. The molecule has 0 radical (unpaired) electrons. The van der Waals surface area contributed by atoms with Crippen molar-refractivity contribution in [1.29, 1.82) is 0 Å². The van der Waals surface area contributed by atoms with Crippen LogP contribution in [0.3, 0.4) is 0 Å². The molecule has 4 heteroatoms. The van der Waals surface area contributed by atoms with Gasteiger partial charge in [-0.15, -0.1) is 0 Å². The molecule has 0 aromatic rings. The summed E-state index contributed by atoms with van der Waals surface area (Å²) in [7, 11) is 0. The van der Waals surface area contributed by atoms with Crippen LogP contribution in [0.2, 0.25) is 0 Å². The smallest absolute Gasteiger partial charge is 0.323 e. The Morgan fingerprint density at radius 3 is 2.21 bits per heavy atom. The van der Waals surface area contributed by atoms with Crippen molar-refractivity contribution < 1.29 is 9.90 Å². The minimum Gasteiger partial charge on any atom is -0.480 e. The zero-order valence-electron chi connectivity index (χ0n) is 13.3. The van der Waals surface area contributed by atoms with Crippen LogP contribution in [-0.2, 0) is 4.79 Å². The second kappa shape index (κ2) is 8.85. The van der Waals surface area contributed by atoms with E-state index in [9.17, 15) is 9.90 Å². The highest BCUT2D eigenvalue weighted by Gasteiger charge is 2.36. The number of thioether (sulfide) groups is 1. The van der Waals surface area contributed by atoms with Gasteiger partial charge < -0.3 is 5.11 Å². The van der Waals surface area contributed by atoms with Crippen molar-refractivity contribution in [3.8, 4) is 0 Å². The topological polar surface area (TPSA) is 49.3 Å². The van der Waals surface area contributed by atoms with Gasteiger partial charge in [-0.25, -0.2) is 0 Å². The minimum absolute atomic E-state index is 0.193. The van der Waals surface area contributed by atoms with E-state index < -0.39 is 11.5 Å². The number of carboxylic acid groups (broad SMARTS) is 1. The first kappa shape index (κ1) is 18.8. The molecular formula is C15H31NO2S. The second-order valence-electron chi connectivity index (χ2n) is 5.96. The summed E-state index contributed by atoms with van der Waals surface area (Å²) in [6, 6.07) is 0.193. The van der Waals surface area contributed by atoms with Gasteiger partial charge in [-0.2, -0.15) is 11.8 Å². The molecule has 0 fully saturated rings. The maximum absolute atomic E-state index is 11.6. The average Bonchev–Trinajstić information content (AvgIpc) is 2.31. The molecule has 0 saturated carbocycles. The van der Waals surface area contributed by atoms with E-state index in [1.165, 1.54) is 0 Å². The fourth-order valence-electron chi connectivity index (χ4n) is 2.06. The minimum atomic E-state index is -0.754. The van der Waals surface area contributed by atoms with Gasteiger partial charge in [0.25, 0.3) is 0 Å². The van der Waals surface area contributed by atoms with E-state index in [0.29, 0.717) is 24.0 Å². The van der Waals surface area contributed by atoms with E-state index in [0.717, 1.165) is 12.2 Å². The third-order valence-corrected chi connectivity index (χ3v) is 5.24. The molecule has 114 valence electrons. The van der Waals surface area contributed by atoms with Crippen LogP contribution in [0.1, 0.15) is 60.8 Å². The Hall–Kier alpha value is -0.220. The van der Waals surface area contributed by atoms with Crippen LogP contribution in [0.15, 0.2) is 0 Å². The Bertz CT molecular complexity index is 269. The molecule has 0 saturated heterocycles. The highest BCUT2D eigenvalue weighted by molar-refractivity contribution is 7.99. The number of hydrogen-bond acceptors (Lipinski definition) is 3. The molecule has 0 rings (SSSR count). The van der Waals surface area contributed by atoms with Gasteiger partial charge in [0.2, 0.25) is 0 Å². The zero-order chi connectivity index (χ0) is 15.1. The summed E-state index contributed by atoms with van der Waals surface area (Å²) in [5.41, 5.74) is -0.754. The predicted octanol–water partition coefficient (Wildman–Crippen LogP) is 3.78. The fraction of sp³-hybridized carbons (Fsp3) is 0.933. The van der Waals surface area contributed by atoms with E-state index in [-0.39, 0.29) is 6.04 Å². The Kier molecular flexibility index (Phi) is 8.75. The second-order valence-corrected chi connectivity index (χ2v) is 7.45. The maximum atomic E-state index is 11.6. The molecule has 3 nitrogen and oxygen atoms in total. The lowest BCUT2D eigenvalue weighted by molar-refractivity contribution is -0.145. The van der Waals surface area contributed by atoms with Crippen LogP contribution in [0.5, 0.6) is 0 Å².